The van der Waals surface area contributed by atoms with E-state index < -0.39 is 23.9 Å². The molecule has 2 saturated carbocycles. The third-order valence-corrected chi connectivity index (χ3v) is 9.60. The third-order valence-electron chi connectivity index (χ3n) is 9.60. The van der Waals surface area contributed by atoms with Crippen LogP contribution in [0.15, 0.2) is 77.8 Å². The van der Waals surface area contributed by atoms with Gasteiger partial charge < -0.3 is 15.5 Å². The maximum absolute atomic E-state index is 15.2. The summed E-state index contributed by atoms with van der Waals surface area (Å²) in [5.41, 5.74) is 2.92. The van der Waals surface area contributed by atoms with E-state index in [1.165, 1.54) is 30.2 Å². The van der Waals surface area contributed by atoms with Gasteiger partial charge in [0.15, 0.2) is 0 Å². The number of anilines is 2. The van der Waals surface area contributed by atoms with Crippen LogP contribution in [0.25, 0.3) is 0 Å². The second kappa shape index (κ2) is 11.5. The van der Waals surface area contributed by atoms with Gasteiger partial charge in [0.2, 0.25) is 12.1 Å². The maximum atomic E-state index is 15.2. The summed E-state index contributed by atoms with van der Waals surface area (Å²) >= 11 is 0. The second-order valence-corrected chi connectivity index (χ2v) is 12.7. The van der Waals surface area contributed by atoms with Crippen molar-refractivity contribution in [2.45, 2.75) is 51.2 Å². The van der Waals surface area contributed by atoms with Gasteiger partial charge in [0.05, 0.1) is 11.4 Å². The number of benzene rings is 3. The Bertz CT molecular complexity index is 1640. The molecule has 8 nitrogen and oxygen atoms in total. The number of halogens is 1. The zero-order valence-corrected chi connectivity index (χ0v) is 24.7. The lowest BCUT2D eigenvalue weighted by Crippen LogP contribution is -2.53. The number of rotatable bonds is 5. The molecule has 2 saturated heterocycles. The Hall–Kier alpha value is -4.53. The van der Waals surface area contributed by atoms with Crippen LogP contribution >= 0.6 is 0 Å². The number of benzodiazepines with no additional fused rings is 1. The minimum absolute atomic E-state index is 0.108. The van der Waals surface area contributed by atoms with Crippen molar-refractivity contribution in [3.05, 3.63) is 95.3 Å². The standard InChI is InChI=1S/C35H36FN5O3/c1-21-7-6-8-25(13-21)37-35(44)39-33-34(43)41(20-31(42)40-19-24-15-22-14-23(16-24)18-26(40)17-22)30-12-5-3-10-28(30)32(38-33)27-9-2-4-11-29(27)36/h2-13,22-24,26,33H,14-20H2,1H3,(H2,37,39,44). The highest BCUT2D eigenvalue weighted by Crippen LogP contribution is 2.47. The van der Waals surface area contributed by atoms with Crippen LogP contribution in [0.3, 0.4) is 0 Å². The SMILES string of the molecule is Cc1cccc(NC(=O)NC2N=C(c3ccccc3F)c3ccccc3N(CC(=O)N3CC4CC5CC(C4)CC3C5)C2=O)c1. The summed E-state index contributed by atoms with van der Waals surface area (Å²) in [7, 11) is 0. The normalized spacial score (nSPS) is 25.5. The summed E-state index contributed by atoms with van der Waals surface area (Å²) in [5, 5.41) is 5.46. The maximum Gasteiger partial charge on any atom is 0.321 e. The van der Waals surface area contributed by atoms with Crippen molar-refractivity contribution < 1.29 is 18.8 Å². The number of carbonyl (C=O) groups is 3. The Kier molecular flexibility index (Phi) is 7.40. The van der Waals surface area contributed by atoms with Crippen LogP contribution < -0.4 is 15.5 Å². The zero-order chi connectivity index (χ0) is 30.4. The molecule has 44 heavy (non-hydrogen) atoms. The number of nitrogens with zero attached hydrogens (tertiary/aromatic N) is 3. The number of para-hydroxylation sites is 1. The lowest BCUT2D eigenvalue weighted by molar-refractivity contribution is -0.134. The molecule has 3 unspecified atom stereocenters. The largest absolute Gasteiger partial charge is 0.338 e. The van der Waals surface area contributed by atoms with E-state index in [2.05, 4.69) is 15.6 Å². The minimum atomic E-state index is -1.40. The Labute approximate surface area is 256 Å². The molecule has 0 radical (unpaired) electrons. The molecule has 4 fully saturated rings. The highest BCUT2D eigenvalue weighted by molar-refractivity contribution is 6.21. The van der Waals surface area contributed by atoms with Crippen LogP contribution in [0.1, 0.15) is 48.8 Å². The number of hydrogen-bond acceptors (Lipinski definition) is 4. The Balaban J connectivity index is 1.23. The van der Waals surface area contributed by atoms with Crippen LogP contribution in [-0.4, -0.2) is 53.8 Å². The van der Waals surface area contributed by atoms with Crippen molar-refractivity contribution in [1.29, 1.82) is 0 Å². The molecule has 3 atom stereocenters. The quantitative estimate of drug-likeness (QED) is 0.409. The van der Waals surface area contributed by atoms with Gasteiger partial charge >= 0.3 is 6.03 Å². The molecule has 4 bridgehead atoms. The van der Waals surface area contributed by atoms with E-state index in [1.807, 2.05) is 30.0 Å². The molecule has 4 amide bonds. The van der Waals surface area contributed by atoms with Crippen LogP contribution in [0.5, 0.6) is 0 Å². The van der Waals surface area contributed by atoms with Gasteiger partial charge in [-0.2, -0.15) is 0 Å². The molecule has 3 aromatic rings. The second-order valence-electron chi connectivity index (χ2n) is 12.7. The van der Waals surface area contributed by atoms with E-state index in [0.717, 1.165) is 24.9 Å². The molecule has 3 aromatic carbocycles. The number of nitrogens with one attached hydrogen (secondary N) is 2. The molecule has 0 spiro atoms. The van der Waals surface area contributed by atoms with Crippen molar-refractivity contribution >= 4 is 34.9 Å². The number of hydrogen-bond donors (Lipinski definition) is 2. The Morgan fingerprint density at radius 3 is 2.34 bits per heavy atom. The van der Waals surface area contributed by atoms with Crippen LogP contribution in [0, 0.1) is 30.5 Å². The first kappa shape index (κ1) is 28.3. The highest BCUT2D eigenvalue weighted by atomic mass is 19.1. The van der Waals surface area contributed by atoms with E-state index in [4.69, 9.17) is 0 Å². The molecule has 3 aliphatic heterocycles. The average Bonchev–Trinajstić information content (AvgIpc) is 3.26. The molecule has 2 N–H and O–H groups in total. The van der Waals surface area contributed by atoms with Crippen molar-refractivity contribution in [2.24, 2.45) is 22.7 Å². The van der Waals surface area contributed by atoms with Crippen LogP contribution in [0.4, 0.5) is 20.6 Å². The van der Waals surface area contributed by atoms with Gasteiger partial charge in [0.25, 0.3) is 5.91 Å². The summed E-state index contributed by atoms with van der Waals surface area (Å²) in [5.74, 6) is 0.677. The van der Waals surface area contributed by atoms with Crippen molar-refractivity contribution in [1.82, 2.24) is 10.2 Å². The number of amides is 4. The van der Waals surface area contributed by atoms with Crippen molar-refractivity contribution in [2.75, 3.05) is 23.3 Å². The zero-order valence-electron chi connectivity index (χ0n) is 24.7. The summed E-state index contributed by atoms with van der Waals surface area (Å²) in [4.78, 5) is 49.7. The van der Waals surface area contributed by atoms with Gasteiger partial charge in [0.1, 0.15) is 12.4 Å². The predicted octanol–water partition coefficient (Wildman–Crippen LogP) is 5.50. The fraction of sp³-hybridized carbons (Fsp3) is 0.371. The lowest BCUT2D eigenvalue weighted by Gasteiger charge is -2.39. The smallest absolute Gasteiger partial charge is 0.321 e. The van der Waals surface area contributed by atoms with E-state index >= 15 is 4.39 Å². The van der Waals surface area contributed by atoms with Crippen LogP contribution in [0.2, 0.25) is 0 Å². The molecule has 5 aliphatic rings. The summed E-state index contributed by atoms with van der Waals surface area (Å²) in [6.07, 6.45) is 4.25. The third kappa shape index (κ3) is 5.47. The van der Waals surface area contributed by atoms with Gasteiger partial charge in [-0.05, 0) is 92.7 Å². The fourth-order valence-electron chi connectivity index (χ4n) is 7.88. The number of aliphatic imine (C=N–C) groups is 1. The lowest BCUT2D eigenvalue weighted by atomic mass is 9.68. The number of fused-ring (bicyclic) bond motifs is 2. The van der Waals surface area contributed by atoms with Gasteiger partial charge in [-0.1, -0.05) is 42.5 Å². The summed E-state index contributed by atoms with van der Waals surface area (Å²) in [6.45, 7) is 2.44. The number of aryl methyl sites for hydroxylation is 1. The van der Waals surface area contributed by atoms with E-state index in [0.29, 0.717) is 34.7 Å². The van der Waals surface area contributed by atoms with Crippen molar-refractivity contribution in [3.8, 4) is 0 Å². The fourth-order valence-corrected chi connectivity index (χ4v) is 7.88. The van der Waals surface area contributed by atoms with Gasteiger partial charge in [-0.25, -0.2) is 14.2 Å². The molecule has 9 heteroatoms. The number of carbonyl (C=O) groups excluding carboxylic acids is 3. The van der Waals surface area contributed by atoms with Gasteiger partial charge in [0, 0.05) is 29.4 Å². The highest BCUT2D eigenvalue weighted by Gasteiger charge is 2.45. The predicted molar refractivity (Wildman–Crippen MR) is 167 cm³/mol. The van der Waals surface area contributed by atoms with E-state index in [9.17, 15) is 14.4 Å². The molecular formula is C35H36FN5O3. The first-order chi connectivity index (χ1) is 21.3. The van der Waals surface area contributed by atoms with Crippen LogP contribution in [-0.2, 0) is 9.59 Å². The summed E-state index contributed by atoms with van der Waals surface area (Å²) in [6, 6.07) is 20.2. The average molecular weight is 594 g/mol. The monoisotopic (exact) mass is 593 g/mol. The topological polar surface area (TPSA) is 94.1 Å². The van der Waals surface area contributed by atoms with Crippen molar-refractivity contribution in [3.63, 3.8) is 0 Å². The molecule has 8 rings (SSSR count). The minimum Gasteiger partial charge on any atom is -0.338 e. The number of urea groups is 1. The molecule has 226 valence electrons. The van der Waals surface area contributed by atoms with E-state index in [1.54, 1.807) is 48.5 Å². The van der Waals surface area contributed by atoms with E-state index in [-0.39, 0.29) is 29.8 Å². The molecule has 2 aliphatic carbocycles. The molecule has 0 aromatic heterocycles. The first-order valence-corrected chi connectivity index (χ1v) is 15.5. The molecule has 3 heterocycles. The Morgan fingerprint density at radius 2 is 1.59 bits per heavy atom. The first-order valence-electron chi connectivity index (χ1n) is 15.5. The summed E-state index contributed by atoms with van der Waals surface area (Å²) < 4.78 is 15.2. The molecular weight excluding hydrogens is 557 g/mol. The Morgan fingerprint density at radius 1 is 0.886 bits per heavy atom. The van der Waals surface area contributed by atoms with Gasteiger partial charge in [-0.3, -0.25) is 14.5 Å². The van der Waals surface area contributed by atoms with Gasteiger partial charge in [-0.15, -0.1) is 0 Å².